The van der Waals surface area contributed by atoms with Crippen molar-refractivity contribution in [3.8, 4) is 0 Å². The summed E-state index contributed by atoms with van der Waals surface area (Å²) < 4.78 is 0. The molecule has 0 aliphatic heterocycles. The van der Waals surface area contributed by atoms with Gasteiger partial charge in [-0.05, 0) is 119 Å². The number of rotatable bonds is 46. The number of primary amides is 1. The highest BCUT2D eigenvalue weighted by Crippen LogP contribution is 2.13. The lowest BCUT2D eigenvalue weighted by atomic mass is 10.00. The largest absolute Gasteiger partial charge is 0.481 e. The fraction of sp³-hybridized carbons (Fsp3) is 0.661. The molecular weight excluding hydrogens is 1200 g/mol. The molecule has 0 saturated carbocycles. The van der Waals surface area contributed by atoms with Crippen LogP contribution in [-0.4, -0.2) is 197 Å². The number of thioether (sulfide) groups is 2. The number of carboxylic acid groups (broad SMARTS) is 2. The van der Waals surface area contributed by atoms with Crippen molar-refractivity contribution in [3.05, 3.63) is 35.9 Å². The monoisotopic (exact) mass is 1300 g/mol. The van der Waals surface area contributed by atoms with Crippen LogP contribution < -0.4 is 76.1 Å². The molecule has 0 aromatic heterocycles. The fourth-order valence-electron chi connectivity index (χ4n) is 8.57. The normalized spacial score (nSPS) is 14.5. The van der Waals surface area contributed by atoms with Gasteiger partial charge in [0.15, 0.2) is 0 Å². The van der Waals surface area contributed by atoms with Crippen LogP contribution in [0.2, 0.25) is 0 Å². The number of aliphatic carboxylic acids is 2. The van der Waals surface area contributed by atoms with Crippen LogP contribution in [0.1, 0.15) is 110 Å². The second-order valence-electron chi connectivity index (χ2n) is 21.8. The summed E-state index contributed by atoms with van der Waals surface area (Å²) >= 11 is 6.99. The van der Waals surface area contributed by atoms with Gasteiger partial charge in [0.05, 0.1) is 25.4 Å². The molecule has 1 aromatic rings. The molecule has 88 heavy (non-hydrogen) atoms. The molecule has 20 N–H and O–H groups in total. The Hall–Kier alpha value is -6.74. The number of thiol groups is 1. The van der Waals surface area contributed by atoms with E-state index in [2.05, 4.69) is 65.8 Å². The Labute approximate surface area is 528 Å². The van der Waals surface area contributed by atoms with Gasteiger partial charge < -0.3 is 86.3 Å². The first-order valence-corrected chi connectivity index (χ1v) is 32.5. The molecule has 11 amide bonds. The first-order chi connectivity index (χ1) is 41.6. The van der Waals surface area contributed by atoms with Gasteiger partial charge >= 0.3 is 11.9 Å². The van der Waals surface area contributed by atoms with Crippen molar-refractivity contribution in [3.63, 3.8) is 0 Å². The molecule has 32 heteroatoms. The van der Waals surface area contributed by atoms with Crippen LogP contribution in [0.15, 0.2) is 30.3 Å². The molecule has 0 aliphatic carbocycles. The number of amides is 11. The number of carboxylic acids is 2. The Morgan fingerprint density at radius 3 is 1.32 bits per heavy atom. The maximum atomic E-state index is 14.2. The average Bonchev–Trinajstić information content (AvgIpc) is 3.61. The Kier molecular flexibility index (Phi) is 39.5. The third kappa shape index (κ3) is 32.5. The van der Waals surface area contributed by atoms with Crippen molar-refractivity contribution in [1.29, 1.82) is 0 Å². The summed E-state index contributed by atoms with van der Waals surface area (Å²) in [7, 11) is 0. The molecule has 0 heterocycles. The summed E-state index contributed by atoms with van der Waals surface area (Å²) in [6.07, 6.45) is 3.52. The molecule has 0 aliphatic rings. The highest BCUT2D eigenvalue weighted by Gasteiger charge is 2.36. The molecule has 1 aromatic carbocycles. The third-order valence-electron chi connectivity index (χ3n) is 13.3. The molecule has 29 nitrogen and oxygen atoms in total. The number of nitrogens with two attached hydrogens (primary N) is 4. The molecule has 0 unspecified atom stereocenters. The van der Waals surface area contributed by atoms with Crippen molar-refractivity contribution < 1.29 is 72.5 Å². The Bertz CT molecular complexity index is 2450. The smallest absolute Gasteiger partial charge is 0.326 e. The van der Waals surface area contributed by atoms with Gasteiger partial charge in [-0.15, -0.1) is 0 Å². The SMILES string of the molecule is CSCC[C@H](NC(=O)CNC(=O)[C@H](CS)NC(=O)[C@H](CC(=O)O)NC(=O)[C@H](CCCCN)NC(=O)[C@H](CC(C)C)NC(=O)[C@H](CC(N)=O)NC(=O)[C@H](CCCCN)NC(=O)[C@H](CC(C)C)NC(=O)[C@@H](N)CCSC)C(=O)N[C@@H](Cc1ccccc1)C(=O)O. The van der Waals surface area contributed by atoms with Crippen molar-refractivity contribution in [2.45, 2.75) is 172 Å². The predicted molar refractivity (Wildman–Crippen MR) is 337 cm³/mol. The zero-order chi connectivity index (χ0) is 66.5. The highest BCUT2D eigenvalue weighted by molar-refractivity contribution is 7.98. The first-order valence-electron chi connectivity index (χ1n) is 29.1. The van der Waals surface area contributed by atoms with Gasteiger partial charge in [0.1, 0.15) is 54.4 Å². The number of unbranched alkanes of at least 4 members (excludes halogenated alkanes) is 2. The van der Waals surface area contributed by atoms with Crippen LogP contribution in [0.25, 0.3) is 0 Å². The average molecular weight is 1300 g/mol. The van der Waals surface area contributed by atoms with Crippen LogP contribution in [-0.2, 0) is 68.7 Å². The van der Waals surface area contributed by atoms with Crippen LogP contribution in [0, 0.1) is 11.8 Å². The van der Waals surface area contributed by atoms with E-state index in [0.29, 0.717) is 42.8 Å². The van der Waals surface area contributed by atoms with E-state index in [1.165, 1.54) is 23.5 Å². The molecule has 0 spiro atoms. The number of nitrogens with one attached hydrogen (secondary N) is 10. The molecule has 1 rings (SSSR count). The third-order valence-corrected chi connectivity index (χ3v) is 14.9. The summed E-state index contributed by atoms with van der Waals surface area (Å²) in [5.41, 5.74) is 23.7. The Morgan fingerprint density at radius 1 is 0.489 bits per heavy atom. The topological polar surface area (TPSA) is 487 Å². The number of carbonyl (C=O) groups excluding carboxylic acids is 11. The van der Waals surface area contributed by atoms with E-state index in [-0.39, 0.29) is 69.9 Å². The first kappa shape index (κ1) is 79.3. The summed E-state index contributed by atoms with van der Waals surface area (Å²) in [5, 5.41) is 44.4. The second kappa shape index (κ2) is 43.8. The standard InChI is InChI=1S/C56H94N14O15S3/c1-31(2)24-38(65-47(75)34(59)18-22-87-5)52(80)63-35(16-10-12-20-57)49(77)67-40(27-44(60)71)54(82)66-39(25-32(3)4)53(81)64-36(17-11-13-21-58)50(78)68-41(28-46(73)74)55(83)70-43(30-86)48(76)61-29-45(72)62-37(19-23-88-6)51(79)69-42(56(84)85)26-33-14-8-7-9-15-33/h7-9,14-15,31-32,34-43,86H,10-13,16-30,57-59H2,1-6H3,(H2,60,71)(H,61,76)(H,62,72)(H,63,80)(H,64,81)(H,65,75)(H,66,82)(H,67,77)(H,68,78)(H,69,79)(H,70,83)(H,73,74)(H,84,85)/t34-,35-,36-,37-,38-,39-,40-,41-,42-,43-/m0/s1. The summed E-state index contributed by atoms with van der Waals surface area (Å²) in [5.74, 6) is -12.8. The lowest BCUT2D eigenvalue weighted by Crippen LogP contribution is -2.61. The molecule has 0 fully saturated rings. The van der Waals surface area contributed by atoms with Gasteiger partial charge in [-0.3, -0.25) is 57.5 Å². The van der Waals surface area contributed by atoms with Crippen molar-refractivity contribution >= 4 is 113 Å². The predicted octanol–water partition coefficient (Wildman–Crippen LogP) is -2.74. The van der Waals surface area contributed by atoms with Gasteiger partial charge in [0.2, 0.25) is 65.0 Å². The van der Waals surface area contributed by atoms with E-state index in [1.807, 2.05) is 20.1 Å². The summed E-state index contributed by atoms with van der Waals surface area (Å²) in [6, 6.07) is -5.42. The minimum absolute atomic E-state index is 0.0158. The van der Waals surface area contributed by atoms with Crippen LogP contribution in [0.5, 0.6) is 0 Å². The van der Waals surface area contributed by atoms with Gasteiger partial charge in [0.25, 0.3) is 0 Å². The zero-order valence-electron chi connectivity index (χ0n) is 51.0. The number of carbonyl (C=O) groups is 13. The minimum Gasteiger partial charge on any atom is -0.481 e. The number of hydrogen-bond acceptors (Lipinski definition) is 19. The lowest BCUT2D eigenvalue weighted by molar-refractivity contribution is -0.142. The van der Waals surface area contributed by atoms with E-state index >= 15 is 0 Å². The zero-order valence-corrected chi connectivity index (χ0v) is 53.6. The van der Waals surface area contributed by atoms with Gasteiger partial charge in [0, 0.05) is 12.2 Å². The highest BCUT2D eigenvalue weighted by atomic mass is 32.2. The molecule has 0 bridgehead atoms. The minimum atomic E-state index is -1.88. The van der Waals surface area contributed by atoms with Crippen LogP contribution in [0.4, 0.5) is 0 Å². The molecule has 10 atom stereocenters. The van der Waals surface area contributed by atoms with E-state index in [4.69, 9.17) is 22.9 Å². The Morgan fingerprint density at radius 2 is 0.886 bits per heavy atom. The molecule has 496 valence electrons. The lowest BCUT2D eigenvalue weighted by Gasteiger charge is -2.28. The van der Waals surface area contributed by atoms with Gasteiger partial charge in [-0.2, -0.15) is 36.2 Å². The summed E-state index contributed by atoms with van der Waals surface area (Å²) in [6.45, 7) is 6.75. The van der Waals surface area contributed by atoms with Crippen LogP contribution >= 0.6 is 36.2 Å². The second-order valence-corrected chi connectivity index (χ2v) is 24.1. The fourth-order valence-corrected chi connectivity index (χ4v) is 9.79. The summed E-state index contributed by atoms with van der Waals surface area (Å²) in [4.78, 5) is 174. The Balaban J connectivity index is 3.37. The molecule has 0 saturated heterocycles. The van der Waals surface area contributed by atoms with E-state index in [9.17, 15) is 72.5 Å². The van der Waals surface area contributed by atoms with Crippen molar-refractivity contribution in [2.24, 2.45) is 34.8 Å². The molecule has 0 radical (unpaired) electrons. The number of hydrogen-bond donors (Lipinski definition) is 17. The van der Waals surface area contributed by atoms with Crippen molar-refractivity contribution in [2.75, 3.05) is 49.4 Å². The van der Waals surface area contributed by atoms with E-state index in [0.717, 1.165) is 0 Å². The van der Waals surface area contributed by atoms with E-state index in [1.54, 1.807) is 50.4 Å². The maximum Gasteiger partial charge on any atom is 0.326 e. The quantitative estimate of drug-likeness (QED) is 0.0233. The van der Waals surface area contributed by atoms with Gasteiger partial charge in [-0.1, -0.05) is 58.0 Å². The van der Waals surface area contributed by atoms with Gasteiger partial charge in [-0.25, -0.2) is 4.79 Å². The van der Waals surface area contributed by atoms with Crippen molar-refractivity contribution in [1.82, 2.24) is 53.2 Å². The maximum absolute atomic E-state index is 14.2. The van der Waals surface area contributed by atoms with Crippen LogP contribution in [0.3, 0.4) is 0 Å². The molecular formula is C56H94N14O15S3. The van der Waals surface area contributed by atoms with E-state index < -0.39 is 162 Å². The number of benzene rings is 1.